The molecule has 1 nitrogen and oxygen atoms in total. The fourth-order valence-corrected chi connectivity index (χ4v) is 2.08. The highest BCUT2D eigenvalue weighted by molar-refractivity contribution is 6.31. The molecule has 0 spiro atoms. The third-order valence-electron chi connectivity index (χ3n) is 2.90. The summed E-state index contributed by atoms with van der Waals surface area (Å²) in [6.07, 6.45) is 0. The first-order chi connectivity index (χ1) is 10.1. The monoisotopic (exact) mass is 322 g/mol. The minimum Gasteiger partial charge on any atom is -0.489 e. The Morgan fingerprint density at radius 3 is 2.67 bits per heavy atom. The number of hydrogen-bond acceptors (Lipinski definition) is 1. The van der Waals surface area contributed by atoms with E-state index in [1.165, 1.54) is 12.1 Å². The molecule has 0 saturated heterocycles. The second kappa shape index (κ2) is 7.36. The second-order valence-electron chi connectivity index (χ2n) is 4.44. The van der Waals surface area contributed by atoms with E-state index in [-0.39, 0.29) is 12.4 Å². The maximum atomic E-state index is 13.0. The molecule has 0 atom stereocenters. The highest BCUT2D eigenvalue weighted by atomic mass is 35.5. The first-order valence-corrected chi connectivity index (χ1v) is 7.23. The Morgan fingerprint density at radius 1 is 1.19 bits per heavy atom. The van der Waals surface area contributed by atoms with Gasteiger partial charge in [0.1, 0.15) is 18.2 Å². The van der Waals surface area contributed by atoms with Crippen LogP contribution in [0.2, 0.25) is 5.02 Å². The van der Waals surface area contributed by atoms with Gasteiger partial charge in [-0.15, -0.1) is 11.6 Å². The van der Waals surface area contributed by atoms with Crippen LogP contribution in [0.4, 0.5) is 4.39 Å². The fraction of sp³-hybridized carbons (Fsp3) is 0.176. The van der Waals surface area contributed by atoms with Crippen molar-refractivity contribution < 1.29 is 9.13 Å². The lowest BCUT2D eigenvalue weighted by Gasteiger charge is -2.09. The summed E-state index contributed by atoms with van der Waals surface area (Å²) >= 11 is 11.5. The Hall–Kier alpha value is -1.69. The minimum atomic E-state index is -0.359. The summed E-state index contributed by atoms with van der Waals surface area (Å²) in [6, 6.07) is 9.87. The molecule has 21 heavy (non-hydrogen) atoms. The van der Waals surface area contributed by atoms with E-state index in [0.29, 0.717) is 16.7 Å². The van der Waals surface area contributed by atoms with E-state index in [1.54, 1.807) is 6.07 Å². The highest BCUT2D eigenvalue weighted by Gasteiger charge is 2.04. The van der Waals surface area contributed by atoms with E-state index in [0.717, 1.165) is 16.7 Å². The van der Waals surface area contributed by atoms with Crippen LogP contribution >= 0.6 is 23.2 Å². The maximum absolute atomic E-state index is 13.0. The highest BCUT2D eigenvalue weighted by Crippen LogP contribution is 2.21. The fourth-order valence-electron chi connectivity index (χ4n) is 1.79. The molecule has 0 unspecified atom stereocenters. The van der Waals surface area contributed by atoms with E-state index in [2.05, 4.69) is 11.8 Å². The molecular formula is C17H13Cl2FO. The molecule has 0 heterocycles. The Kier molecular flexibility index (Phi) is 5.50. The van der Waals surface area contributed by atoms with Crippen molar-refractivity contribution >= 4 is 23.2 Å². The molecule has 108 valence electrons. The van der Waals surface area contributed by atoms with Gasteiger partial charge < -0.3 is 4.74 Å². The van der Waals surface area contributed by atoms with Gasteiger partial charge >= 0.3 is 0 Å². The van der Waals surface area contributed by atoms with Crippen LogP contribution in [0.15, 0.2) is 36.4 Å². The summed E-state index contributed by atoms with van der Waals surface area (Å²) in [5, 5.41) is 0.358. The number of ether oxygens (including phenoxy) is 1. The van der Waals surface area contributed by atoms with Gasteiger partial charge in [-0.25, -0.2) is 4.39 Å². The van der Waals surface area contributed by atoms with Gasteiger partial charge in [0.15, 0.2) is 0 Å². The predicted molar refractivity (Wildman–Crippen MR) is 84.5 cm³/mol. The number of aryl methyl sites for hydroxylation is 1. The summed E-state index contributed by atoms with van der Waals surface area (Å²) in [6.45, 7) is 2.24. The largest absolute Gasteiger partial charge is 0.489 e. The molecule has 0 aliphatic rings. The number of rotatable bonds is 3. The Bertz CT molecular complexity index is 702. The first kappa shape index (κ1) is 15.7. The number of benzene rings is 2. The SMILES string of the molecule is Cc1cc(OCc2ccc(F)cc2Cl)ccc1C#CCCl. The third-order valence-corrected chi connectivity index (χ3v) is 3.38. The zero-order valence-corrected chi connectivity index (χ0v) is 12.9. The molecule has 0 bridgehead atoms. The zero-order valence-electron chi connectivity index (χ0n) is 11.4. The topological polar surface area (TPSA) is 9.23 Å². The lowest BCUT2D eigenvalue weighted by atomic mass is 10.1. The van der Waals surface area contributed by atoms with Gasteiger partial charge in [0.25, 0.3) is 0 Å². The van der Waals surface area contributed by atoms with Crippen LogP contribution in [0.1, 0.15) is 16.7 Å². The molecular weight excluding hydrogens is 310 g/mol. The van der Waals surface area contributed by atoms with Crippen LogP contribution in [-0.4, -0.2) is 5.88 Å². The summed E-state index contributed by atoms with van der Waals surface area (Å²) in [4.78, 5) is 0. The minimum absolute atomic E-state index is 0.283. The summed E-state index contributed by atoms with van der Waals surface area (Å²) < 4.78 is 18.6. The Labute approximate surface area is 133 Å². The molecule has 2 aromatic carbocycles. The molecule has 2 aromatic rings. The van der Waals surface area contributed by atoms with Crippen LogP contribution in [0.5, 0.6) is 5.75 Å². The van der Waals surface area contributed by atoms with Crippen molar-refractivity contribution in [1.29, 1.82) is 0 Å². The Balaban J connectivity index is 2.08. The smallest absolute Gasteiger partial charge is 0.124 e. The molecule has 0 N–H and O–H groups in total. The molecule has 0 fully saturated rings. The average molecular weight is 323 g/mol. The normalized spacial score (nSPS) is 9.90. The molecule has 0 radical (unpaired) electrons. The van der Waals surface area contributed by atoms with Crippen molar-refractivity contribution in [2.75, 3.05) is 5.88 Å². The standard InChI is InChI=1S/C17H13Cl2FO/c1-12-9-16(7-5-13(12)3-2-8-18)21-11-14-4-6-15(20)10-17(14)19/h4-7,9-10H,8,11H2,1H3. The Morgan fingerprint density at radius 2 is 2.00 bits per heavy atom. The molecule has 0 aromatic heterocycles. The average Bonchev–Trinajstić information content (AvgIpc) is 2.45. The molecule has 0 saturated carbocycles. The summed E-state index contributed by atoms with van der Waals surface area (Å²) in [5.41, 5.74) is 2.67. The summed E-state index contributed by atoms with van der Waals surface area (Å²) in [5.74, 6) is 6.45. The summed E-state index contributed by atoms with van der Waals surface area (Å²) in [7, 11) is 0. The van der Waals surface area contributed by atoms with E-state index in [1.807, 2.05) is 25.1 Å². The first-order valence-electron chi connectivity index (χ1n) is 6.32. The molecule has 0 aliphatic carbocycles. The van der Waals surface area contributed by atoms with Crippen LogP contribution < -0.4 is 4.74 Å². The van der Waals surface area contributed by atoms with Crippen LogP contribution in [0.25, 0.3) is 0 Å². The predicted octanol–water partition coefficient (Wildman–Crippen LogP) is 4.96. The van der Waals surface area contributed by atoms with Crippen molar-refractivity contribution in [2.24, 2.45) is 0 Å². The number of alkyl halides is 1. The van der Waals surface area contributed by atoms with E-state index >= 15 is 0 Å². The molecule has 4 heteroatoms. The van der Waals surface area contributed by atoms with Gasteiger partial charge in [0.2, 0.25) is 0 Å². The van der Waals surface area contributed by atoms with Crippen molar-refractivity contribution in [1.82, 2.24) is 0 Å². The lowest BCUT2D eigenvalue weighted by molar-refractivity contribution is 0.306. The molecule has 0 amide bonds. The van der Waals surface area contributed by atoms with Gasteiger partial charge in [-0.05, 0) is 42.8 Å². The van der Waals surface area contributed by atoms with E-state index in [9.17, 15) is 4.39 Å². The lowest BCUT2D eigenvalue weighted by Crippen LogP contribution is -1.97. The molecule has 2 rings (SSSR count). The maximum Gasteiger partial charge on any atom is 0.124 e. The van der Waals surface area contributed by atoms with Gasteiger partial charge in [-0.2, -0.15) is 0 Å². The van der Waals surface area contributed by atoms with Crippen molar-refractivity contribution in [3.8, 4) is 17.6 Å². The number of hydrogen-bond donors (Lipinski definition) is 0. The van der Waals surface area contributed by atoms with E-state index < -0.39 is 0 Å². The van der Waals surface area contributed by atoms with Crippen molar-refractivity contribution in [3.63, 3.8) is 0 Å². The van der Waals surface area contributed by atoms with Gasteiger partial charge in [-0.1, -0.05) is 29.5 Å². The van der Waals surface area contributed by atoms with Crippen molar-refractivity contribution in [3.05, 3.63) is 63.9 Å². The van der Waals surface area contributed by atoms with Crippen LogP contribution in [0.3, 0.4) is 0 Å². The third kappa shape index (κ3) is 4.39. The van der Waals surface area contributed by atoms with Gasteiger partial charge in [0, 0.05) is 11.1 Å². The zero-order chi connectivity index (χ0) is 15.2. The van der Waals surface area contributed by atoms with E-state index in [4.69, 9.17) is 27.9 Å². The van der Waals surface area contributed by atoms with Crippen LogP contribution in [-0.2, 0) is 6.61 Å². The second-order valence-corrected chi connectivity index (χ2v) is 5.11. The van der Waals surface area contributed by atoms with Crippen LogP contribution in [0, 0.1) is 24.6 Å². The van der Waals surface area contributed by atoms with Crippen molar-refractivity contribution in [2.45, 2.75) is 13.5 Å². The molecule has 0 aliphatic heterocycles. The number of halogens is 3. The van der Waals surface area contributed by atoms with Gasteiger partial charge in [-0.3, -0.25) is 0 Å². The quantitative estimate of drug-likeness (QED) is 0.573. The van der Waals surface area contributed by atoms with Gasteiger partial charge in [0.05, 0.1) is 10.9 Å².